The predicted molar refractivity (Wildman–Crippen MR) is 88.4 cm³/mol. The maximum Gasteiger partial charge on any atom is 0.257 e. The normalized spacial score (nSPS) is 15.3. The second kappa shape index (κ2) is 7.17. The van der Waals surface area contributed by atoms with Crippen molar-refractivity contribution in [3.63, 3.8) is 0 Å². The van der Waals surface area contributed by atoms with E-state index in [4.69, 9.17) is 0 Å². The van der Waals surface area contributed by atoms with Gasteiger partial charge in [-0.3, -0.25) is 9.78 Å². The summed E-state index contributed by atoms with van der Waals surface area (Å²) in [6.45, 7) is 5.23. The Balaban J connectivity index is 1.66. The highest BCUT2D eigenvalue weighted by Crippen LogP contribution is 2.16. The Morgan fingerprint density at radius 3 is 2.52 bits per heavy atom. The van der Waals surface area contributed by atoms with Crippen LogP contribution in [-0.4, -0.2) is 51.9 Å². The molecule has 23 heavy (non-hydrogen) atoms. The second-order valence-corrected chi connectivity index (χ2v) is 5.58. The minimum absolute atomic E-state index is 0.0178. The first kappa shape index (κ1) is 15.4. The maximum absolute atomic E-state index is 12.6. The Labute approximate surface area is 136 Å². The molecule has 0 bridgehead atoms. The van der Waals surface area contributed by atoms with E-state index in [0.29, 0.717) is 12.1 Å². The molecule has 0 aromatic carbocycles. The Morgan fingerprint density at radius 1 is 1.09 bits per heavy atom. The molecule has 0 saturated carbocycles. The van der Waals surface area contributed by atoms with Gasteiger partial charge in [0.1, 0.15) is 5.82 Å². The van der Waals surface area contributed by atoms with Gasteiger partial charge >= 0.3 is 0 Å². The fraction of sp³-hybridized carbons (Fsp3) is 0.412. The third-order valence-corrected chi connectivity index (χ3v) is 4.08. The number of carbonyl (C=O) groups is 1. The fourth-order valence-corrected chi connectivity index (χ4v) is 2.76. The molecule has 2 aromatic rings. The summed E-state index contributed by atoms with van der Waals surface area (Å²) in [4.78, 5) is 29.3. The summed E-state index contributed by atoms with van der Waals surface area (Å²) < 4.78 is 0. The lowest BCUT2D eigenvalue weighted by Crippen LogP contribution is -2.35. The maximum atomic E-state index is 12.6. The molecule has 0 atom stereocenters. The molecule has 0 N–H and O–H groups in total. The molecule has 1 saturated heterocycles. The van der Waals surface area contributed by atoms with Crippen molar-refractivity contribution in [3.05, 3.63) is 48.3 Å². The minimum atomic E-state index is 0.0178. The van der Waals surface area contributed by atoms with Crippen LogP contribution >= 0.6 is 0 Å². The summed E-state index contributed by atoms with van der Waals surface area (Å²) in [7, 11) is 0. The molecule has 3 rings (SSSR count). The zero-order valence-corrected chi connectivity index (χ0v) is 13.4. The van der Waals surface area contributed by atoms with Gasteiger partial charge in [0, 0.05) is 63.1 Å². The Kier molecular flexibility index (Phi) is 4.80. The molecule has 6 nitrogen and oxygen atoms in total. The summed E-state index contributed by atoms with van der Waals surface area (Å²) in [6.07, 6.45) is 8.60. The number of rotatable bonds is 3. The van der Waals surface area contributed by atoms with Crippen LogP contribution in [0.5, 0.6) is 0 Å². The SMILES string of the molecule is CCc1ncc(C(=O)N2CCCN(c3ccncc3)CC2)cn1. The van der Waals surface area contributed by atoms with Crippen molar-refractivity contribution in [2.75, 3.05) is 31.1 Å². The van der Waals surface area contributed by atoms with Gasteiger partial charge in [0.25, 0.3) is 5.91 Å². The Hall–Kier alpha value is -2.50. The first-order chi connectivity index (χ1) is 11.3. The highest BCUT2D eigenvalue weighted by Gasteiger charge is 2.21. The van der Waals surface area contributed by atoms with Gasteiger partial charge in [0.05, 0.1) is 5.56 Å². The number of aromatic nitrogens is 3. The number of hydrogen-bond acceptors (Lipinski definition) is 5. The van der Waals surface area contributed by atoms with E-state index in [-0.39, 0.29) is 5.91 Å². The van der Waals surface area contributed by atoms with Crippen LogP contribution in [0.4, 0.5) is 5.69 Å². The van der Waals surface area contributed by atoms with Crippen molar-refractivity contribution in [1.29, 1.82) is 0 Å². The standard InChI is InChI=1S/C17H21N5O/c1-2-16-19-12-14(13-20-16)17(23)22-9-3-8-21(10-11-22)15-4-6-18-7-5-15/h4-7,12-13H,2-3,8-11H2,1H3. The molecule has 1 amide bonds. The highest BCUT2D eigenvalue weighted by molar-refractivity contribution is 5.93. The number of anilines is 1. The van der Waals surface area contributed by atoms with Gasteiger partial charge in [-0.25, -0.2) is 9.97 Å². The van der Waals surface area contributed by atoms with Gasteiger partial charge in [0.15, 0.2) is 0 Å². The molecule has 120 valence electrons. The summed E-state index contributed by atoms with van der Waals surface area (Å²) in [5.41, 5.74) is 1.73. The van der Waals surface area contributed by atoms with Gasteiger partial charge in [-0.15, -0.1) is 0 Å². The van der Waals surface area contributed by atoms with E-state index in [1.165, 1.54) is 0 Å². The van der Waals surface area contributed by atoms with E-state index in [1.807, 2.05) is 24.0 Å². The Bertz CT molecular complexity index is 644. The quantitative estimate of drug-likeness (QED) is 0.865. The van der Waals surface area contributed by atoms with Gasteiger partial charge in [0.2, 0.25) is 0 Å². The van der Waals surface area contributed by atoms with Crippen LogP contribution in [0, 0.1) is 0 Å². The van der Waals surface area contributed by atoms with Crippen LogP contribution in [0.25, 0.3) is 0 Å². The predicted octanol–water partition coefficient (Wildman–Crippen LogP) is 1.79. The number of carbonyl (C=O) groups excluding carboxylic acids is 1. The fourth-order valence-electron chi connectivity index (χ4n) is 2.76. The molecule has 0 aliphatic carbocycles. The summed E-state index contributed by atoms with van der Waals surface area (Å²) in [6, 6.07) is 4.02. The van der Waals surface area contributed by atoms with Crippen LogP contribution in [-0.2, 0) is 6.42 Å². The van der Waals surface area contributed by atoms with E-state index >= 15 is 0 Å². The van der Waals surface area contributed by atoms with E-state index < -0.39 is 0 Å². The van der Waals surface area contributed by atoms with Crippen molar-refractivity contribution in [3.8, 4) is 0 Å². The molecular weight excluding hydrogens is 290 g/mol. The van der Waals surface area contributed by atoms with Crippen LogP contribution < -0.4 is 4.90 Å². The lowest BCUT2D eigenvalue weighted by atomic mass is 10.2. The van der Waals surface area contributed by atoms with Crippen LogP contribution in [0.3, 0.4) is 0 Å². The molecule has 2 aromatic heterocycles. The molecule has 6 heteroatoms. The summed E-state index contributed by atoms with van der Waals surface area (Å²) >= 11 is 0. The van der Waals surface area contributed by atoms with Crippen molar-refractivity contribution in [2.24, 2.45) is 0 Å². The lowest BCUT2D eigenvalue weighted by Gasteiger charge is -2.23. The molecule has 1 aliphatic heterocycles. The first-order valence-electron chi connectivity index (χ1n) is 8.03. The molecular formula is C17H21N5O. The van der Waals surface area contributed by atoms with Gasteiger partial charge < -0.3 is 9.80 Å². The zero-order valence-electron chi connectivity index (χ0n) is 13.4. The van der Waals surface area contributed by atoms with Crippen LogP contribution in [0.1, 0.15) is 29.5 Å². The lowest BCUT2D eigenvalue weighted by molar-refractivity contribution is 0.0766. The van der Waals surface area contributed by atoms with Crippen LogP contribution in [0.15, 0.2) is 36.9 Å². The number of amides is 1. The third-order valence-electron chi connectivity index (χ3n) is 4.08. The molecule has 3 heterocycles. The molecule has 0 radical (unpaired) electrons. The van der Waals surface area contributed by atoms with Crippen molar-refractivity contribution in [1.82, 2.24) is 19.9 Å². The molecule has 0 unspecified atom stereocenters. The van der Waals surface area contributed by atoms with Crippen LogP contribution in [0.2, 0.25) is 0 Å². The largest absolute Gasteiger partial charge is 0.370 e. The van der Waals surface area contributed by atoms with Crippen molar-refractivity contribution >= 4 is 11.6 Å². The Morgan fingerprint density at radius 2 is 1.83 bits per heavy atom. The smallest absolute Gasteiger partial charge is 0.257 e. The van der Waals surface area contributed by atoms with Gasteiger partial charge in [-0.2, -0.15) is 0 Å². The minimum Gasteiger partial charge on any atom is -0.370 e. The van der Waals surface area contributed by atoms with Gasteiger partial charge in [-0.05, 0) is 18.6 Å². The third kappa shape index (κ3) is 3.64. The average molecular weight is 311 g/mol. The zero-order chi connectivity index (χ0) is 16.1. The molecule has 0 spiro atoms. The number of hydrogen-bond donors (Lipinski definition) is 0. The first-order valence-corrected chi connectivity index (χ1v) is 8.03. The van der Waals surface area contributed by atoms with E-state index in [0.717, 1.165) is 44.0 Å². The summed E-state index contributed by atoms with van der Waals surface area (Å²) in [5, 5.41) is 0. The molecule has 1 aliphatic rings. The highest BCUT2D eigenvalue weighted by atomic mass is 16.2. The number of nitrogens with zero attached hydrogens (tertiary/aromatic N) is 5. The van der Waals surface area contributed by atoms with E-state index in [2.05, 4.69) is 19.9 Å². The second-order valence-electron chi connectivity index (χ2n) is 5.58. The number of pyridine rings is 1. The average Bonchev–Trinajstić information content (AvgIpc) is 2.88. The topological polar surface area (TPSA) is 62.2 Å². The van der Waals surface area contributed by atoms with E-state index in [9.17, 15) is 4.79 Å². The van der Waals surface area contributed by atoms with Crippen molar-refractivity contribution in [2.45, 2.75) is 19.8 Å². The number of aryl methyl sites for hydroxylation is 1. The molecule has 1 fully saturated rings. The van der Waals surface area contributed by atoms with E-state index in [1.54, 1.807) is 24.8 Å². The van der Waals surface area contributed by atoms with Crippen molar-refractivity contribution < 1.29 is 4.79 Å². The van der Waals surface area contributed by atoms with Gasteiger partial charge in [-0.1, -0.05) is 6.92 Å². The monoisotopic (exact) mass is 311 g/mol. The summed E-state index contributed by atoms with van der Waals surface area (Å²) in [5.74, 6) is 0.783.